The topological polar surface area (TPSA) is 60.2 Å². The maximum atomic E-state index is 5.68. The Kier molecular flexibility index (Phi) is 5.56. The van der Waals surface area contributed by atoms with Crippen LogP contribution in [0.5, 0.6) is 0 Å². The molecule has 1 aromatic heterocycles. The molecule has 0 aromatic carbocycles. The number of rotatable bonds is 4. The Morgan fingerprint density at radius 2 is 2.17 bits per heavy atom. The van der Waals surface area contributed by atoms with Gasteiger partial charge in [-0.05, 0) is 63.1 Å². The predicted molar refractivity (Wildman–Crippen MR) is 77.9 cm³/mol. The summed E-state index contributed by atoms with van der Waals surface area (Å²) in [6, 6.07) is 2.08. The zero-order valence-corrected chi connectivity index (χ0v) is 13.2. The summed E-state index contributed by atoms with van der Waals surface area (Å²) in [5, 5.41) is 0. The Labute approximate surface area is 124 Å². The lowest BCUT2D eigenvalue weighted by molar-refractivity contribution is 0.0603. The highest BCUT2D eigenvalue weighted by molar-refractivity contribution is 9.11. The number of ether oxygens (including phenoxy) is 1. The first-order chi connectivity index (χ1) is 8.70. The van der Waals surface area contributed by atoms with Gasteiger partial charge in [-0.1, -0.05) is 0 Å². The van der Waals surface area contributed by atoms with Gasteiger partial charge in [0.15, 0.2) is 0 Å². The van der Waals surface area contributed by atoms with Crippen molar-refractivity contribution in [3.8, 4) is 0 Å². The van der Waals surface area contributed by atoms with E-state index in [0.717, 1.165) is 47.1 Å². The van der Waals surface area contributed by atoms with E-state index in [4.69, 9.17) is 10.6 Å². The quantitative estimate of drug-likeness (QED) is 0.624. The van der Waals surface area contributed by atoms with E-state index < -0.39 is 0 Å². The number of hydrazine groups is 1. The van der Waals surface area contributed by atoms with E-state index in [1.165, 1.54) is 0 Å². The third kappa shape index (κ3) is 3.74. The number of nitrogens with one attached hydrogen (secondary N) is 1. The van der Waals surface area contributed by atoms with Crippen LogP contribution in [0.3, 0.4) is 0 Å². The highest BCUT2D eigenvalue weighted by atomic mass is 79.9. The van der Waals surface area contributed by atoms with Gasteiger partial charge < -0.3 is 4.74 Å². The van der Waals surface area contributed by atoms with Crippen molar-refractivity contribution in [2.24, 2.45) is 11.8 Å². The van der Waals surface area contributed by atoms with Crippen LogP contribution in [0.4, 0.5) is 0 Å². The fourth-order valence-electron chi connectivity index (χ4n) is 2.26. The monoisotopic (exact) mass is 377 g/mol. The van der Waals surface area contributed by atoms with Crippen LogP contribution >= 0.6 is 31.9 Å². The van der Waals surface area contributed by atoms with E-state index in [-0.39, 0.29) is 6.04 Å². The van der Waals surface area contributed by atoms with Crippen molar-refractivity contribution in [1.82, 2.24) is 10.4 Å². The predicted octanol–water partition coefficient (Wildman–Crippen LogP) is 2.93. The number of nitrogens with zero attached hydrogens (tertiary/aromatic N) is 1. The smallest absolute Gasteiger partial charge is 0.0729 e. The second-order valence-corrected chi connectivity index (χ2v) is 6.30. The lowest BCUT2D eigenvalue weighted by atomic mass is 9.91. The van der Waals surface area contributed by atoms with E-state index in [1.54, 1.807) is 6.20 Å². The van der Waals surface area contributed by atoms with Crippen molar-refractivity contribution < 1.29 is 4.74 Å². The molecule has 4 nitrogen and oxygen atoms in total. The van der Waals surface area contributed by atoms with Gasteiger partial charge in [0.05, 0.1) is 11.7 Å². The summed E-state index contributed by atoms with van der Waals surface area (Å²) in [6.45, 7) is 1.72. The second-order valence-electron chi connectivity index (χ2n) is 4.53. The largest absolute Gasteiger partial charge is 0.381 e. The molecule has 6 heteroatoms. The van der Waals surface area contributed by atoms with Gasteiger partial charge in [-0.3, -0.25) is 16.3 Å². The van der Waals surface area contributed by atoms with Gasteiger partial charge in [-0.2, -0.15) is 0 Å². The molecule has 1 unspecified atom stereocenters. The summed E-state index contributed by atoms with van der Waals surface area (Å²) in [5.41, 5.74) is 3.84. The molecule has 0 bridgehead atoms. The van der Waals surface area contributed by atoms with Crippen LogP contribution in [-0.2, 0) is 4.74 Å². The van der Waals surface area contributed by atoms with Crippen LogP contribution in [0.2, 0.25) is 0 Å². The fourth-order valence-corrected chi connectivity index (χ4v) is 3.52. The van der Waals surface area contributed by atoms with Crippen LogP contribution in [0.15, 0.2) is 21.2 Å². The Hall–Kier alpha value is -0.0100. The third-order valence-electron chi connectivity index (χ3n) is 3.28. The summed E-state index contributed by atoms with van der Waals surface area (Å²) in [7, 11) is 0. The number of hydrogen-bond acceptors (Lipinski definition) is 4. The van der Waals surface area contributed by atoms with E-state index in [9.17, 15) is 0 Å². The van der Waals surface area contributed by atoms with Crippen molar-refractivity contribution >= 4 is 31.9 Å². The molecule has 1 aliphatic rings. The van der Waals surface area contributed by atoms with Crippen LogP contribution in [0.25, 0.3) is 0 Å². The molecule has 2 rings (SSSR count). The molecule has 0 saturated carbocycles. The summed E-state index contributed by atoms with van der Waals surface area (Å²) >= 11 is 6.95. The van der Waals surface area contributed by atoms with Crippen LogP contribution in [0, 0.1) is 5.92 Å². The molecule has 18 heavy (non-hydrogen) atoms. The van der Waals surface area contributed by atoms with Crippen molar-refractivity contribution in [3.05, 3.63) is 26.9 Å². The molecule has 3 N–H and O–H groups in total. The first-order valence-corrected chi connectivity index (χ1v) is 7.64. The molecular formula is C12H17Br2N3O. The highest BCUT2D eigenvalue weighted by Gasteiger charge is 2.22. The van der Waals surface area contributed by atoms with Gasteiger partial charge in [-0.25, -0.2) is 0 Å². The molecule has 0 aliphatic carbocycles. The van der Waals surface area contributed by atoms with E-state index >= 15 is 0 Å². The minimum Gasteiger partial charge on any atom is -0.381 e. The van der Waals surface area contributed by atoms with Crippen LogP contribution in [0.1, 0.15) is 31.0 Å². The van der Waals surface area contributed by atoms with Gasteiger partial charge in [0, 0.05) is 28.4 Å². The minimum absolute atomic E-state index is 0.0792. The number of pyridine rings is 1. The number of nitrogens with two attached hydrogens (primary N) is 1. The first kappa shape index (κ1) is 14.4. The van der Waals surface area contributed by atoms with Gasteiger partial charge in [0.2, 0.25) is 0 Å². The van der Waals surface area contributed by atoms with E-state index in [1.807, 2.05) is 6.07 Å². The van der Waals surface area contributed by atoms with E-state index in [2.05, 4.69) is 42.3 Å². The summed E-state index contributed by atoms with van der Waals surface area (Å²) in [4.78, 5) is 4.45. The number of aromatic nitrogens is 1. The second kappa shape index (κ2) is 6.96. The average Bonchev–Trinajstić information content (AvgIpc) is 2.38. The molecule has 0 radical (unpaired) electrons. The van der Waals surface area contributed by atoms with E-state index in [0.29, 0.717) is 5.92 Å². The van der Waals surface area contributed by atoms with Gasteiger partial charge >= 0.3 is 0 Å². The fraction of sp³-hybridized carbons (Fsp3) is 0.583. The zero-order valence-electron chi connectivity index (χ0n) is 10.0. The third-order valence-corrected chi connectivity index (χ3v) is 4.35. The molecule has 1 saturated heterocycles. The standard InChI is InChI=1S/C12H17Br2N3O/c13-9-6-10(14)12(16-7-9)11(17-15)5-8-1-3-18-4-2-8/h6-8,11,17H,1-5,15H2. The van der Waals surface area contributed by atoms with Gasteiger partial charge in [0.1, 0.15) is 0 Å². The summed E-state index contributed by atoms with van der Waals surface area (Å²) in [5.74, 6) is 6.33. The molecule has 1 aliphatic heterocycles. The zero-order chi connectivity index (χ0) is 13.0. The van der Waals surface area contributed by atoms with Gasteiger partial charge in [-0.15, -0.1) is 0 Å². The first-order valence-electron chi connectivity index (χ1n) is 6.05. The molecule has 1 fully saturated rings. The maximum absolute atomic E-state index is 5.68. The van der Waals surface area contributed by atoms with Crippen LogP contribution in [-0.4, -0.2) is 18.2 Å². The Balaban J connectivity index is 2.07. The molecule has 0 spiro atoms. The lowest BCUT2D eigenvalue weighted by Gasteiger charge is -2.26. The van der Waals surface area contributed by atoms with Crippen LogP contribution < -0.4 is 11.3 Å². The normalized spacial score (nSPS) is 18.8. The van der Waals surface area contributed by atoms with Crippen molar-refractivity contribution in [2.45, 2.75) is 25.3 Å². The molecule has 100 valence electrons. The van der Waals surface area contributed by atoms with Crippen molar-refractivity contribution in [3.63, 3.8) is 0 Å². The summed E-state index contributed by atoms with van der Waals surface area (Å²) < 4.78 is 7.31. The Bertz CT molecular complexity index is 397. The number of hydrogen-bond donors (Lipinski definition) is 2. The number of halogens is 2. The lowest BCUT2D eigenvalue weighted by Crippen LogP contribution is -2.32. The van der Waals surface area contributed by atoms with Crippen molar-refractivity contribution in [2.75, 3.05) is 13.2 Å². The minimum atomic E-state index is 0.0792. The van der Waals surface area contributed by atoms with Crippen molar-refractivity contribution in [1.29, 1.82) is 0 Å². The maximum Gasteiger partial charge on any atom is 0.0729 e. The van der Waals surface area contributed by atoms with Gasteiger partial charge in [0.25, 0.3) is 0 Å². The molecular weight excluding hydrogens is 362 g/mol. The SMILES string of the molecule is NNC(CC1CCOCC1)c1ncc(Br)cc1Br. The summed E-state index contributed by atoms with van der Waals surface area (Å²) in [6.07, 6.45) is 5.00. The Morgan fingerprint density at radius 1 is 1.44 bits per heavy atom. The molecule has 1 atom stereocenters. The Morgan fingerprint density at radius 3 is 2.78 bits per heavy atom. The molecule has 0 amide bonds. The molecule has 1 aromatic rings. The molecule has 2 heterocycles. The average molecular weight is 379 g/mol. The highest BCUT2D eigenvalue weighted by Crippen LogP contribution is 2.30.